The fourth-order valence-electron chi connectivity index (χ4n) is 1.73. The zero-order valence-electron chi connectivity index (χ0n) is 10.6. The first-order valence-electron chi connectivity index (χ1n) is 5.69. The zero-order valence-corrected chi connectivity index (χ0v) is 13.7. The van der Waals surface area contributed by atoms with E-state index in [0.717, 1.165) is 6.42 Å². The van der Waals surface area contributed by atoms with Crippen LogP contribution < -0.4 is 4.72 Å². The summed E-state index contributed by atoms with van der Waals surface area (Å²) in [6.07, 6.45) is 0.800. The quantitative estimate of drug-likeness (QED) is 0.874. The summed E-state index contributed by atoms with van der Waals surface area (Å²) in [7, 11) is -3.48. The zero-order chi connectivity index (χ0) is 13.9. The summed E-state index contributed by atoms with van der Waals surface area (Å²) in [6, 6.07) is 4.47. The molecule has 1 aromatic rings. The lowest BCUT2D eigenvalue weighted by molar-refractivity contribution is 0.482. The van der Waals surface area contributed by atoms with Crippen LogP contribution in [0.25, 0.3) is 0 Å². The van der Waals surface area contributed by atoms with Crippen LogP contribution in [0.4, 0.5) is 0 Å². The van der Waals surface area contributed by atoms with Crippen molar-refractivity contribution in [2.45, 2.75) is 38.1 Å². The summed E-state index contributed by atoms with van der Waals surface area (Å²) in [5.74, 6) is 0.444. The second kappa shape index (κ2) is 6.37. The van der Waals surface area contributed by atoms with Gasteiger partial charge in [-0.05, 0) is 53.4 Å². The van der Waals surface area contributed by atoms with Crippen LogP contribution >= 0.6 is 27.5 Å². The minimum Gasteiger partial charge on any atom is -0.208 e. The number of nitrogens with one attached hydrogen (secondary N) is 1. The molecule has 1 N–H and O–H groups in total. The highest BCUT2D eigenvalue weighted by Gasteiger charge is 2.18. The first-order chi connectivity index (χ1) is 8.22. The Morgan fingerprint density at radius 3 is 2.44 bits per heavy atom. The molecule has 0 radical (unpaired) electrons. The lowest BCUT2D eigenvalue weighted by Crippen LogP contribution is -2.33. The third-order valence-electron chi connectivity index (χ3n) is 2.38. The molecule has 0 fully saturated rings. The van der Waals surface area contributed by atoms with Crippen LogP contribution in [0.5, 0.6) is 0 Å². The maximum Gasteiger partial charge on any atom is 0.240 e. The van der Waals surface area contributed by atoms with Crippen LogP contribution in [0.3, 0.4) is 0 Å². The second-order valence-corrected chi connectivity index (χ2v) is 7.70. The molecule has 102 valence electrons. The van der Waals surface area contributed by atoms with Crippen molar-refractivity contribution >= 4 is 37.6 Å². The van der Waals surface area contributed by atoms with E-state index in [1.165, 1.54) is 12.1 Å². The Bertz CT molecular complexity index is 517. The largest absolute Gasteiger partial charge is 0.240 e. The van der Waals surface area contributed by atoms with Gasteiger partial charge in [-0.1, -0.05) is 25.4 Å². The van der Waals surface area contributed by atoms with Crippen LogP contribution in [-0.2, 0) is 10.0 Å². The summed E-state index contributed by atoms with van der Waals surface area (Å²) in [6.45, 7) is 5.98. The predicted octanol–water partition coefficient (Wildman–Crippen LogP) is 3.82. The van der Waals surface area contributed by atoms with Crippen molar-refractivity contribution in [3.05, 3.63) is 27.7 Å². The van der Waals surface area contributed by atoms with Gasteiger partial charge in [0.1, 0.15) is 0 Å². The molecule has 1 unspecified atom stereocenters. The minimum atomic E-state index is -3.48. The average molecular weight is 355 g/mol. The smallest absolute Gasteiger partial charge is 0.208 e. The molecule has 0 amide bonds. The van der Waals surface area contributed by atoms with Gasteiger partial charge < -0.3 is 0 Å². The van der Waals surface area contributed by atoms with E-state index >= 15 is 0 Å². The molecule has 0 saturated heterocycles. The molecule has 0 heterocycles. The van der Waals surface area contributed by atoms with Gasteiger partial charge in [0, 0.05) is 10.5 Å². The summed E-state index contributed by atoms with van der Waals surface area (Å²) < 4.78 is 27.5. The minimum absolute atomic E-state index is 0.0931. The van der Waals surface area contributed by atoms with Gasteiger partial charge in [-0.2, -0.15) is 0 Å². The van der Waals surface area contributed by atoms with Gasteiger partial charge in [0.05, 0.1) is 9.92 Å². The van der Waals surface area contributed by atoms with Gasteiger partial charge >= 0.3 is 0 Å². The number of halogens is 2. The molecule has 18 heavy (non-hydrogen) atoms. The first kappa shape index (κ1) is 16.0. The van der Waals surface area contributed by atoms with Crippen molar-refractivity contribution in [3.63, 3.8) is 0 Å². The lowest BCUT2D eigenvalue weighted by atomic mass is 10.1. The van der Waals surface area contributed by atoms with E-state index in [1.807, 2.05) is 6.92 Å². The molecule has 0 aliphatic heterocycles. The third kappa shape index (κ3) is 4.53. The maximum atomic E-state index is 12.1. The van der Waals surface area contributed by atoms with Gasteiger partial charge in [0.15, 0.2) is 0 Å². The summed E-state index contributed by atoms with van der Waals surface area (Å²) in [5.41, 5.74) is 0. The van der Waals surface area contributed by atoms with Crippen molar-refractivity contribution in [3.8, 4) is 0 Å². The van der Waals surface area contributed by atoms with E-state index in [0.29, 0.717) is 15.4 Å². The fraction of sp³-hybridized carbons (Fsp3) is 0.500. The predicted molar refractivity (Wildman–Crippen MR) is 78.4 cm³/mol. The van der Waals surface area contributed by atoms with Gasteiger partial charge in [0.25, 0.3) is 0 Å². The van der Waals surface area contributed by atoms with E-state index in [4.69, 9.17) is 11.6 Å². The number of benzene rings is 1. The van der Waals surface area contributed by atoms with E-state index in [2.05, 4.69) is 34.5 Å². The highest BCUT2D eigenvalue weighted by molar-refractivity contribution is 9.10. The van der Waals surface area contributed by atoms with Gasteiger partial charge in [-0.3, -0.25) is 0 Å². The van der Waals surface area contributed by atoms with Crippen molar-refractivity contribution < 1.29 is 8.42 Å². The Morgan fingerprint density at radius 1 is 1.33 bits per heavy atom. The third-order valence-corrected chi connectivity index (χ3v) is 5.18. The molecule has 0 saturated carbocycles. The van der Waals surface area contributed by atoms with Crippen LogP contribution in [-0.4, -0.2) is 14.5 Å². The summed E-state index contributed by atoms with van der Waals surface area (Å²) >= 11 is 9.06. The maximum absolute atomic E-state index is 12.1. The Labute approximate surface area is 122 Å². The molecule has 0 aliphatic carbocycles. The fourth-order valence-corrected chi connectivity index (χ4v) is 3.66. The highest BCUT2D eigenvalue weighted by Crippen LogP contribution is 2.25. The summed E-state index contributed by atoms with van der Waals surface area (Å²) in [4.78, 5) is 0.217. The molecule has 0 bridgehead atoms. The van der Waals surface area contributed by atoms with Crippen LogP contribution in [0.1, 0.15) is 27.2 Å². The number of sulfonamides is 1. The molecule has 1 rings (SSSR count). The number of rotatable bonds is 5. The molecule has 0 spiro atoms. The molecule has 3 nitrogen and oxygen atoms in total. The summed E-state index contributed by atoms with van der Waals surface area (Å²) in [5, 5.41) is 0.490. The molecule has 1 atom stereocenters. The van der Waals surface area contributed by atoms with Crippen molar-refractivity contribution in [1.29, 1.82) is 0 Å². The number of hydrogen-bond acceptors (Lipinski definition) is 2. The van der Waals surface area contributed by atoms with Gasteiger partial charge in [-0.15, -0.1) is 0 Å². The van der Waals surface area contributed by atoms with E-state index < -0.39 is 10.0 Å². The van der Waals surface area contributed by atoms with Crippen molar-refractivity contribution in [2.75, 3.05) is 0 Å². The van der Waals surface area contributed by atoms with Crippen LogP contribution in [0, 0.1) is 5.92 Å². The van der Waals surface area contributed by atoms with Gasteiger partial charge in [-0.25, -0.2) is 13.1 Å². The molecule has 6 heteroatoms. The van der Waals surface area contributed by atoms with E-state index in [-0.39, 0.29) is 10.9 Å². The topological polar surface area (TPSA) is 46.2 Å². The Morgan fingerprint density at radius 2 is 1.94 bits per heavy atom. The van der Waals surface area contributed by atoms with Crippen LogP contribution in [0.2, 0.25) is 5.02 Å². The van der Waals surface area contributed by atoms with E-state index in [1.54, 1.807) is 6.07 Å². The normalized spacial score (nSPS) is 13.9. The molecular weight excluding hydrogens is 338 g/mol. The molecular formula is C12H17BrClNO2S. The monoisotopic (exact) mass is 353 g/mol. The molecule has 0 aromatic heterocycles. The lowest BCUT2D eigenvalue weighted by Gasteiger charge is -2.16. The second-order valence-electron chi connectivity index (χ2n) is 4.73. The number of hydrogen-bond donors (Lipinski definition) is 1. The van der Waals surface area contributed by atoms with Crippen molar-refractivity contribution in [2.24, 2.45) is 5.92 Å². The highest BCUT2D eigenvalue weighted by atomic mass is 79.9. The first-order valence-corrected chi connectivity index (χ1v) is 8.35. The van der Waals surface area contributed by atoms with Gasteiger partial charge in [0.2, 0.25) is 10.0 Å². The standard InChI is InChI=1S/C12H17BrClNO2S/c1-8(2)6-9(3)15-18(16,17)10-4-5-12(14)11(13)7-10/h4-5,7-9,15H,6H2,1-3H3. The SMILES string of the molecule is CC(C)CC(C)NS(=O)(=O)c1ccc(Cl)c(Br)c1. The van der Waals surface area contributed by atoms with Crippen molar-refractivity contribution in [1.82, 2.24) is 4.72 Å². The Hall–Kier alpha value is -0.100. The van der Waals surface area contributed by atoms with E-state index in [9.17, 15) is 8.42 Å². The van der Waals surface area contributed by atoms with Crippen LogP contribution in [0.15, 0.2) is 27.6 Å². The Balaban J connectivity index is 2.89. The molecule has 1 aromatic carbocycles. The Kier molecular flexibility index (Phi) is 5.65. The molecule has 0 aliphatic rings. The average Bonchev–Trinajstić information content (AvgIpc) is 2.19.